The first-order valence-corrected chi connectivity index (χ1v) is 6.10. The predicted molar refractivity (Wildman–Crippen MR) is 70.4 cm³/mol. The average Bonchev–Trinajstić information content (AvgIpc) is 2.45. The maximum Gasteiger partial charge on any atom is 0.416 e. The summed E-state index contributed by atoms with van der Waals surface area (Å²) in [5.41, 5.74) is 4.68. The Morgan fingerprint density at radius 2 is 1.71 bits per heavy atom. The summed E-state index contributed by atoms with van der Waals surface area (Å²) >= 11 is 0. The van der Waals surface area contributed by atoms with E-state index in [4.69, 9.17) is 10.5 Å². The first kappa shape index (κ1) is 15.3. The summed E-state index contributed by atoms with van der Waals surface area (Å²) in [4.78, 5) is 0. The van der Waals surface area contributed by atoms with Crippen molar-refractivity contribution < 1.29 is 22.3 Å². The van der Waals surface area contributed by atoms with E-state index in [2.05, 4.69) is 0 Å². The lowest BCUT2D eigenvalue weighted by atomic mass is 9.94. The molecule has 0 heterocycles. The SMILES string of the molecule is COc1cccc(F)c1C(N)c1ccccc1C(F)(F)F. The van der Waals surface area contributed by atoms with Crippen molar-refractivity contribution >= 4 is 0 Å². The van der Waals surface area contributed by atoms with Crippen LogP contribution in [0.5, 0.6) is 5.75 Å². The fourth-order valence-corrected chi connectivity index (χ4v) is 2.18. The highest BCUT2D eigenvalue weighted by Crippen LogP contribution is 2.38. The van der Waals surface area contributed by atoms with E-state index in [9.17, 15) is 17.6 Å². The molecule has 0 spiro atoms. The molecule has 2 N–H and O–H groups in total. The molecule has 2 rings (SSSR count). The summed E-state index contributed by atoms with van der Waals surface area (Å²) in [6, 6.07) is 7.55. The lowest BCUT2D eigenvalue weighted by Crippen LogP contribution is -2.20. The van der Waals surface area contributed by atoms with Gasteiger partial charge in [0.1, 0.15) is 11.6 Å². The predicted octanol–water partition coefficient (Wildman–Crippen LogP) is 3.90. The van der Waals surface area contributed by atoms with Gasteiger partial charge in [0.2, 0.25) is 0 Å². The molecule has 2 nitrogen and oxygen atoms in total. The third kappa shape index (κ3) is 3.00. The molecule has 2 aromatic carbocycles. The van der Waals surface area contributed by atoms with E-state index < -0.39 is 23.6 Å². The Bertz CT molecular complexity index is 640. The molecule has 0 radical (unpaired) electrons. The van der Waals surface area contributed by atoms with Gasteiger partial charge in [0.05, 0.1) is 24.3 Å². The second-order valence-electron chi connectivity index (χ2n) is 4.42. The number of halogens is 4. The van der Waals surface area contributed by atoms with Crippen LogP contribution in [0.2, 0.25) is 0 Å². The Kier molecular flexibility index (Phi) is 4.18. The van der Waals surface area contributed by atoms with Crippen LogP contribution >= 0.6 is 0 Å². The van der Waals surface area contributed by atoms with Gasteiger partial charge in [-0.2, -0.15) is 13.2 Å². The zero-order valence-corrected chi connectivity index (χ0v) is 11.1. The van der Waals surface area contributed by atoms with E-state index in [0.29, 0.717) is 0 Å². The summed E-state index contributed by atoms with van der Waals surface area (Å²) in [5, 5.41) is 0. The Labute approximate surface area is 119 Å². The van der Waals surface area contributed by atoms with Crippen molar-refractivity contribution in [1.29, 1.82) is 0 Å². The monoisotopic (exact) mass is 299 g/mol. The number of alkyl halides is 3. The van der Waals surface area contributed by atoms with E-state index in [1.54, 1.807) is 0 Å². The van der Waals surface area contributed by atoms with Gasteiger partial charge in [0, 0.05) is 0 Å². The van der Waals surface area contributed by atoms with Gasteiger partial charge in [0.25, 0.3) is 0 Å². The Morgan fingerprint density at radius 1 is 1.05 bits per heavy atom. The van der Waals surface area contributed by atoms with Crippen LogP contribution in [-0.4, -0.2) is 7.11 Å². The van der Waals surface area contributed by atoms with Crippen molar-refractivity contribution in [3.05, 3.63) is 65.0 Å². The Morgan fingerprint density at radius 3 is 2.33 bits per heavy atom. The molecule has 0 bridgehead atoms. The highest BCUT2D eigenvalue weighted by molar-refractivity contribution is 5.45. The van der Waals surface area contributed by atoms with Crippen molar-refractivity contribution in [3.8, 4) is 5.75 Å². The molecule has 6 heteroatoms. The maximum atomic E-state index is 14.0. The van der Waals surface area contributed by atoms with Gasteiger partial charge in [0.15, 0.2) is 0 Å². The van der Waals surface area contributed by atoms with Crippen molar-refractivity contribution in [2.45, 2.75) is 12.2 Å². The highest BCUT2D eigenvalue weighted by Gasteiger charge is 2.35. The van der Waals surface area contributed by atoms with E-state index in [1.807, 2.05) is 0 Å². The molecule has 0 saturated carbocycles. The largest absolute Gasteiger partial charge is 0.496 e. The Balaban J connectivity index is 2.59. The molecule has 0 aliphatic rings. The molecule has 21 heavy (non-hydrogen) atoms. The minimum absolute atomic E-state index is 0.100. The van der Waals surface area contributed by atoms with Gasteiger partial charge in [-0.3, -0.25) is 0 Å². The van der Waals surface area contributed by atoms with Crippen LogP contribution < -0.4 is 10.5 Å². The number of benzene rings is 2. The zero-order chi connectivity index (χ0) is 15.6. The van der Waals surface area contributed by atoms with Crippen LogP contribution in [0.4, 0.5) is 17.6 Å². The molecule has 1 unspecified atom stereocenters. The summed E-state index contributed by atoms with van der Waals surface area (Å²) < 4.78 is 58.0. The molecule has 0 saturated heterocycles. The van der Waals surface area contributed by atoms with E-state index >= 15 is 0 Å². The minimum atomic E-state index is -4.56. The quantitative estimate of drug-likeness (QED) is 0.872. The van der Waals surface area contributed by atoms with Gasteiger partial charge in [-0.05, 0) is 23.8 Å². The Hall–Kier alpha value is -2.08. The van der Waals surface area contributed by atoms with Crippen LogP contribution in [0.25, 0.3) is 0 Å². The van der Waals surface area contributed by atoms with Crippen molar-refractivity contribution in [1.82, 2.24) is 0 Å². The van der Waals surface area contributed by atoms with Crippen LogP contribution in [0, 0.1) is 5.82 Å². The molecule has 0 aliphatic heterocycles. The van der Waals surface area contributed by atoms with Gasteiger partial charge < -0.3 is 10.5 Å². The molecule has 0 fully saturated rings. The second kappa shape index (κ2) is 5.73. The maximum absolute atomic E-state index is 14.0. The molecule has 0 aromatic heterocycles. The number of ether oxygens (including phenoxy) is 1. The normalized spacial score (nSPS) is 13.0. The number of methoxy groups -OCH3 is 1. The number of rotatable bonds is 3. The van der Waals surface area contributed by atoms with Crippen LogP contribution in [-0.2, 0) is 6.18 Å². The van der Waals surface area contributed by atoms with Gasteiger partial charge >= 0.3 is 6.18 Å². The smallest absolute Gasteiger partial charge is 0.416 e. The second-order valence-corrected chi connectivity index (χ2v) is 4.42. The fraction of sp³-hybridized carbons (Fsp3) is 0.200. The fourth-order valence-electron chi connectivity index (χ4n) is 2.18. The molecule has 0 amide bonds. The lowest BCUT2D eigenvalue weighted by molar-refractivity contribution is -0.138. The number of hydrogen-bond acceptors (Lipinski definition) is 2. The molecular weight excluding hydrogens is 286 g/mol. The highest BCUT2D eigenvalue weighted by atomic mass is 19.4. The summed E-state index contributed by atoms with van der Waals surface area (Å²) in [6.45, 7) is 0. The first-order chi connectivity index (χ1) is 9.86. The molecule has 1 atom stereocenters. The van der Waals surface area contributed by atoms with Crippen LogP contribution in [0.1, 0.15) is 22.7 Å². The van der Waals surface area contributed by atoms with Gasteiger partial charge in [-0.1, -0.05) is 24.3 Å². The average molecular weight is 299 g/mol. The summed E-state index contributed by atoms with van der Waals surface area (Å²) in [5.74, 6) is -0.599. The molecule has 2 aromatic rings. The van der Waals surface area contributed by atoms with E-state index in [0.717, 1.165) is 12.1 Å². The third-order valence-electron chi connectivity index (χ3n) is 3.15. The van der Waals surface area contributed by atoms with E-state index in [1.165, 1.54) is 37.4 Å². The topological polar surface area (TPSA) is 35.2 Å². The molecule has 0 aliphatic carbocycles. The lowest BCUT2D eigenvalue weighted by Gasteiger charge is -2.20. The third-order valence-corrected chi connectivity index (χ3v) is 3.15. The first-order valence-electron chi connectivity index (χ1n) is 6.10. The molecule has 112 valence electrons. The van der Waals surface area contributed by atoms with Crippen molar-refractivity contribution in [2.75, 3.05) is 7.11 Å². The van der Waals surface area contributed by atoms with Crippen LogP contribution in [0.15, 0.2) is 42.5 Å². The van der Waals surface area contributed by atoms with Crippen molar-refractivity contribution in [3.63, 3.8) is 0 Å². The van der Waals surface area contributed by atoms with E-state index in [-0.39, 0.29) is 16.9 Å². The standard InChI is InChI=1S/C15H13F4NO/c1-21-12-8-4-7-11(16)13(12)14(20)9-5-2-3-6-10(9)15(17,18)19/h2-8,14H,20H2,1H3. The van der Waals surface area contributed by atoms with Gasteiger partial charge in [-0.15, -0.1) is 0 Å². The van der Waals surface area contributed by atoms with Crippen molar-refractivity contribution in [2.24, 2.45) is 5.73 Å². The summed E-state index contributed by atoms with van der Waals surface area (Å²) in [6.07, 6.45) is -4.56. The number of hydrogen-bond donors (Lipinski definition) is 1. The summed E-state index contributed by atoms with van der Waals surface area (Å²) in [7, 11) is 1.31. The number of nitrogens with two attached hydrogens (primary N) is 1. The zero-order valence-electron chi connectivity index (χ0n) is 11.1. The molecular formula is C15H13F4NO. The van der Waals surface area contributed by atoms with Gasteiger partial charge in [-0.25, -0.2) is 4.39 Å². The van der Waals surface area contributed by atoms with Crippen LogP contribution in [0.3, 0.4) is 0 Å². The minimum Gasteiger partial charge on any atom is -0.496 e.